The van der Waals surface area contributed by atoms with Crippen molar-refractivity contribution in [2.75, 3.05) is 13.1 Å². The molecule has 1 aromatic heterocycles. The first-order valence-electron chi connectivity index (χ1n) is 8.58. The van der Waals surface area contributed by atoms with Crippen LogP contribution in [0.4, 0.5) is 0 Å². The molecule has 1 amide bonds. The molecule has 0 bridgehead atoms. The van der Waals surface area contributed by atoms with Gasteiger partial charge in [0.05, 0.1) is 11.8 Å². The molecule has 5 nitrogen and oxygen atoms in total. The Kier molecular flexibility index (Phi) is 4.81. The highest BCUT2D eigenvalue weighted by Gasteiger charge is 2.34. The number of nitrogens with one attached hydrogen (secondary N) is 1. The van der Waals surface area contributed by atoms with Crippen LogP contribution in [0.1, 0.15) is 49.9 Å². The molecule has 2 atom stereocenters. The summed E-state index contributed by atoms with van der Waals surface area (Å²) in [5.74, 6) is 1.07. The average Bonchev–Trinajstić information content (AvgIpc) is 3.20. The van der Waals surface area contributed by atoms with Gasteiger partial charge in [0.2, 0.25) is 5.91 Å². The molecule has 3 rings (SSSR count). The first kappa shape index (κ1) is 15.5. The van der Waals surface area contributed by atoms with Crippen molar-refractivity contribution in [2.45, 2.75) is 58.0 Å². The molecule has 2 heterocycles. The van der Waals surface area contributed by atoms with Gasteiger partial charge in [-0.15, -0.1) is 0 Å². The van der Waals surface area contributed by atoms with Crippen LogP contribution in [0.3, 0.4) is 0 Å². The Balaban J connectivity index is 1.47. The summed E-state index contributed by atoms with van der Waals surface area (Å²) in [4.78, 5) is 14.2. The second-order valence-electron chi connectivity index (χ2n) is 7.06. The number of hydrogen-bond donors (Lipinski definition) is 2. The smallest absolute Gasteiger partial charge is 0.222 e. The zero-order chi connectivity index (χ0) is 15.5. The number of nitrogens with zero attached hydrogens (tertiary/aromatic N) is 2. The number of aryl methyl sites for hydroxylation is 1. The molecule has 22 heavy (non-hydrogen) atoms. The number of aliphatic hydroxyl groups is 1. The highest BCUT2D eigenvalue weighted by molar-refractivity contribution is 5.76. The summed E-state index contributed by atoms with van der Waals surface area (Å²) in [6, 6.07) is 2.01. The van der Waals surface area contributed by atoms with Gasteiger partial charge in [-0.3, -0.25) is 9.89 Å². The van der Waals surface area contributed by atoms with Crippen LogP contribution in [0, 0.1) is 18.8 Å². The van der Waals surface area contributed by atoms with Crippen LogP contribution in [0.5, 0.6) is 0 Å². The number of aliphatic hydroxyl groups excluding tert-OH is 1. The lowest BCUT2D eigenvalue weighted by Gasteiger charge is -2.17. The third-order valence-electron chi connectivity index (χ3n) is 5.23. The predicted molar refractivity (Wildman–Crippen MR) is 84.3 cm³/mol. The molecule has 0 unspecified atom stereocenters. The van der Waals surface area contributed by atoms with Gasteiger partial charge in [0.15, 0.2) is 0 Å². The van der Waals surface area contributed by atoms with Gasteiger partial charge >= 0.3 is 0 Å². The maximum Gasteiger partial charge on any atom is 0.222 e. The van der Waals surface area contributed by atoms with Crippen molar-refractivity contribution in [3.63, 3.8) is 0 Å². The Bertz CT molecular complexity index is 508. The molecule has 0 aromatic carbocycles. The van der Waals surface area contributed by atoms with Crippen LogP contribution >= 0.6 is 0 Å². The lowest BCUT2D eigenvalue weighted by Crippen LogP contribution is -2.29. The Hall–Kier alpha value is -1.36. The second kappa shape index (κ2) is 6.82. The average molecular weight is 305 g/mol. The van der Waals surface area contributed by atoms with Gasteiger partial charge in [0.1, 0.15) is 0 Å². The van der Waals surface area contributed by atoms with E-state index in [1.165, 1.54) is 25.7 Å². The molecule has 0 spiro atoms. The lowest BCUT2D eigenvalue weighted by molar-refractivity contribution is -0.130. The minimum absolute atomic E-state index is 0.109. The maximum atomic E-state index is 12.3. The van der Waals surface area contributed by atoms with Gasteiger partial charge in [-0.2, -0.15) is 5.10 Å². The molecule has 2 aliphatic rings. The quantitative estimate of drug-likeness (QED) is 0.875. The molecule has 122 valence electrons. The number of H-pyrrole nitrogens is 1. The number of aromatic amines is 1. The number of β-amino-alcohol motifs (C(OH)–C–C–N with tert-alkyl or cyclic N) is 1. The number of carbonyl (C=O) groups excluding carboxylic acids is 1. The van der Waals surface area contributed by atoms with Crippen molar-refractivity contribution in [1.82, 2.24) is 15.1 Å². The fraction of sp³-hybridized carbons (Fsp3) is 0.765. The fourth-order valence-corrected chi connectivity index (χ4v) is 3.89. The maximum absolute atomic E-state index is 12.3. The van der Waals surface area contributed by atoms with Gasteiger partial charge in [-0.25, -0.2) is 0 Å². The minimum Gasteiger partial charge on any atom is -0.391 e. The van der Waals surface area contributed by atoms with Crippen molar-refractivity contribution < 1.29 is 9.90 Å². The number of carbonyl (C=O) groups is 1. The normalized spacial score (nSPS) is 26.0. The Morgan fingerprint density at radius 1 is 1.41 bits per heavy atom. The van der Waals surface area contributed by atoms with E-state index in [-0.39, 0.29) is 11.8 Å². The molecule has 2 fully saturated rings. The summed E-state index contributed by atoms with van der Waals surface area (Å²) in [5, 5.41) is 17.4. The topological polar surface area (TPSA) is 69.2 Å². The molecule has 1 saturated heterocycles. The summed E-state index contributed by atoms with van der Waals surface area (Å²) in [5.41, 5.74) is 2.01. The summed E-state index contributed by atoms with van der Waals surface area (Å²) in [7, 11) is 0. The van der Waals surface area contributed by atoms with E-state index in [0.717, 1.165) is 30.1 Å². The second-order valence-corrected chi connectivity index (χ2v) is 7.06. The number of hydrogen-bond acceptors (Lipinski definition) is 3. The Morgan fingerprint density at radius 3 is 2.86 bits per heavy atom. The molecule has 1 saturated carbocycles. The summed E-state index contributed by atoms with van der Waals surface area (Å²) < 4.78 is 0. The van der Waals surface area contributed by atoms with Crippen LogP contribution in [0.15, 0.2) is 6.07 Å². The Morgan fingerprint density at radius 2 is 2.18 bits per heavy atom. The van der Waals surface area contributed by atoms with Gasteiger partial charge in [-0.05, 0) is 31.7 Å². The molecule has 1 aromatic rings. The molecule has 0 radical (unpaired) electrons. The van der Waals surface area contributed by atoms with Crippen molar-refractivity contribution in [1.29, 1.82) is 0 Å². The van der Waals surface area contributed by atoms with Crippen molar-refractivity contribution in [3.8, 4) is 0 Å². The van der Waals surface area contributed by atoms with Gasteiger partial charge in [0, 0.05) is 31.1 Å². The SMILES string of the molecule is Cc1cc(C[C@@H]2CN(C(=O)CCC3CCCC3)C[C@H]2O)n[nH]1. The standard InChI is InChI=1S/C17H27N3O2/c1-12-8-15(19-18-12)9-14-10-20(11-16(14)21)17(22)7-6-13-4-2-3-5-13/h8,13-14,16,21H,2-7,9-11H2,1H3,(H,18,19)/t14-,16-/m1/s1. The fourth-order valence-electron chi connectivity index (χ4n) is 3.89. The number of aromatic nitrogens is 2. The predicted octanol–water partition coefficient (Wildman–Crippen LogP) is 2.05. The van der Waals surface area contributed by atoms with E-state index in [9.17, 15) is 9.90 Å². The molecule has 1 aliphatic heterocycles. The first-order valence-corrected chi connectivity index (χ1v) is 8.58. The van der Waals surface area contributed by atoms with E-state index in [1.54, 1.807) is 0 Å². The lowest BCUT2D eigenvalue weighted by atomic mass is 10.00. The highest BCUT2D eigenvalue weighted by atomic mass is 16.3. The molecule has 2 N–H and O–H groups in total. The van der Waals surface area contributed by atoms with Crippen molar-refractivity contribution in [2.24, 2.45) is 11.8 Å². The van der Waals surface area contributed by atoms with E-state index in [4.69, 9.17) is 0 Å². The van der Waals surface area contributed by atoms with Crippen molar-refractivity contribution >= 4 is 5.91 Å². The van der Waals surface area contributed by atoms with E-state index in [0.29, 0.717) is 19.5 Å². The number of likely N-dealkylation sites (tertiary alicyclic amines) is 1. The van der Waals surface area contributed by atoms with Crippen LogP contribution in [0.2, 0.25) is 0 Å². The minimum atomic E-state index is -0.424. The third-order valence-corrected chi connectivity index (χ3v) is 5.23. The zero-order valence-corrected chi connectivity index (χ0v) is 13.4. The summed E-state index contributed by atoms with van der Waals surface area (Å²) >= 11 is 0. The van der Waals surface area contributed by atoms with E-state index in [1.807, 2.05) is 17.9 Å². The van der Waals surface area contributed by atoms with Crippen LogP contribution in [-0.2, 0) is 11.2 Å². The number of amides is 1. The first-order chi connectivity index (χ1) is 10.6. The van der Waals surface area contributed by atoms with E-state index in [2.05, 4.69) is 10.2 Å². The Labute approximate surface area is 132 Å². The van der Waals surface area contributed by atoms with Crippen LogP contribution < -0.4 is 0 Å². The van der Waals surface area contributed by atoms with Gasteiger partial charge < -0.3 is 10.0 Å². The van der Waals surface area contributed by atoms with E-state index >= 15 is 0 Å². The molecule has 1 aliphatic carbocycles. The molecule has 5 heteroatoms. The van der Waals surface area contributed by atoms with Gasteiger partial charge in [0.25, 0.3) is 0 Å². The third kappa shape index (κ3) is 3.69. The highest BCUT2D eigenvalue weighted by Crippen LogP contribution is 2.29. The van der Waals surface area contributed by atoms with Gasteiger partial charge in [-0.1, -0.05) is 25.7 Å². The molecular formula is C17H27N3O2. The van der Waals surface area contributed by atoms with Crippen LogP contribution in [0.25, 0.3) is 0 Å². The zero-order valence-electron chi connectivity index (χ0n) is 13.4. The van der Waals surface area contributed by atoms with Crippen LogP contribution in [-0.4, -0.2) is 45.3 Å². The number of rotatable bonds is 5. The largest absolute Gasteiger partial charge is 0.391 e. The summed E-state index contributed by atoms with van der Waals surface area (Å²) in [6.07, 6.45) is 7.21. The molecular weight excluding hydrogens is 278 g/mol. The monoisotopic (exact) mass is 305 g/mol. The summed E-state index contributed by atoms with van der Waals surface area (Å²) in [6.45, 7) is 3.12. The van der Waals surface area contributed by atoms with Crippen molar-refractivity contribution in [3.05, 3.63) is 17.5 Å². The van der Waals surface area contributed by atoms with E-state index < -0.39 is 6.10 Å².